The van der Waals surface area contributed by atoms with Crippen molar-refractivity contribution >= 4 is 22.4 Å². The van der Waals surface area contributed by atoms with Crippen molar-refractivity contribution < 1.29 is 32.0 Å². The molecule has 0 saturated carbocycles. The molecule has 1 rings (SSSR count). The zero-order valence-corrected chi connectivity index (χ0v) is 14.7. The summed E-state index contributed by atoms with van der Waals surface area (Å²) in [5.74, 6) is -0.998. The van der Waals surface area contributed by atoms with Gasteiger partial charge in [-0.15, -0.1) is 0 Å². The van der Waals surface area contributed by atoms with Crippen LogP contribution in [0.4, 0.5) is 4.79 Å². The molecule has 0 unspecified atom stereocenters. The van der Waals surface area contributed by atoms with Crippen molar-refractivity contribution in [3.63, 3.8) is 0 Å². The smallest absolute Gasteiger partial charge is 0.426 e. The minimum atomic E-state index is -5.05. The van der Waals surface area contributed by atoms with Crippen LogP contribution in [-0.2, 0) is 31.0 Å². The average molecular weight is 359 g/mol. The van der Waals surface area contributed by atoms with Gasteiger partial charge in [0.05, 0.1) is 7.11 Å². The van der Waals surface area contributed by atoms with Gasteiger partial charge in [0.2, 0.25) is 0 Å². The third-order valence-electron chi connectivity index (χ3n) is 2.85. The number of esters is 1. The molecule has 0 radical (unpaired) electrons. The molecule has 24 heavy (non-hydrogen) atoms. The summed E-state index contributed by atoms with van der Waals surface area (Å²) in [5.41, 5.74) is -0.446. The predicted molar refractivity (Wildman–Crippen MR) is 85.6 cm³/mol. The number of carbonyl (C=O) groups is 2. The summed E-state index contributed by atoms with van der Waals surface area (Å²) in [7, 11) is -4.00. The van der Waals surface area contributed by atoms with Gasteiger partial charge in [0.1, 0.15) is 5.60 Å². The molecule has 0 saturated heterocycles. The standard InChI is InChI=1S/C15H21NO7S/c1-15(2,3)23-14(18)16(24(19,20)21)12(13(17)22-4)10-11-8-6-5-7-9-11/h5-9,12H,10H2,1-4H3,(H,19,20,21)/t12-/m0/s1. The predicted octanol–water partition coefficient (Wildman–Crippen LogP) is 1.81. The molecule has 0 bridgehead atoms. The number of amides is 1. The number of nitrogens with zero attached hydrogens (tertiary/aromatic N) is 1. The maximum absolute atomic E-state index is 12.2. The fourth-order valence-corrected chi connectivity index (χ4v) is 2.63. The fraction of sp³-hybridized carbons (Fsp3) is 0.467. The van der Waals surface area contributed by atoms with Crippen LogP contribution < -0.4 is 0 Å². The Morgan fingerprint density at radius 1 is 1.21 bits per heavy atom. The first-order chi connectivity index (χ1) is 11.0. The first kappa shape index (κ1) is 19.9. The molecular weight excluding hydrogens is 338 g/mol. The molecule has 8 nitrogen and oxygen atoms in total. The molecule has 0 heterocycles. The summed E-state index contributed by atoms with van der Waals surface area (Å²) in [6.45, 7) is 4.58. The summed E-state index contributed by atoms with van der Waals surface area (Å²) in [6, 6.07) is 6.82. The zero-order chi connectivity index (χ0) is 18.5. The van der Waals surface area contributed by atoms with Crippen LogP contribution in [0.3, 0.4) is 0 Å². The van der Waals surface area contributed by atoms with Gasteiger partial charge in [-0.1, -0.05) is 30.3 Å². The van der Waals surface area contributed by atoms with Crippen molar-refractivity contribution in [1.82, 2.24) is 4.31 Å². The lowest BCUT2D eigenvalue weighted by Gasteiger charge is -2.29. The summed E-state index contributed by atoms with van der Waals surface area (Å²) in [5, 5.41) is 0. The van der Waals surface area contributed by atoms with Gasteiger partial charge in [0.15, 0.2) is 6.04 Å². The van der Waals surface area contributed by atoms with Gasteiger partial charge in [-0.05, 0) is 26.3 Å². The Kier molecular flexibility index (Phi) is 6.33. The zero-order valence-electron chi connectivity index (χ0n) is 13.9. The van der Waals surface area contributed by atoms with Crippen LogP contribution in [0.1, 0.15) is 26.3 Å². The SMILES string of the molecule is COC(=O)[C@H](Cc1ccccc1)N(C(=O)OC(C)(C)C)S(=O)(=O)O. The van der Waals surface area contributed by atoms with E-state index in [1.54, 1.807) is 30.3 Å². The van der Waals surface area contributed by atoms with Crippen LogP contribution in [-0.4, -0.2) is 48.1 Å². The van der Waals surface area contributed by atoms with Gasteiger partial charge in [-0.25, -0.2) is 9.59 Å². The van der Waals surface area contributed by atoms with Crippen LogP contribution in [0.25, 0.3) is 0 Å². The van der Waals surface area contributed by atoms with Gasteiger partial charge in [-0.2, -0.15) is 12.7 Å². The summed E-state index contributed by atoms with van der Waals surface area (Å²) in [4.78, 5) is 24.2. The van der Waals surface area contributed by atoms with E-state index in [0.29, 0.717) is 5.56 Å². The van der Waals surface area contributed by atoms with Crippen molar-refractivity contribution in [3.05, 3.63) is 35.9 Å². The molecule has 9 heteroatoms. The maximum Gasteiger partial charge on any atom is 0.426 e. The number of hydrogen-bond acceptors (Lipinski definition) is 6. The summed E-state index contributed by atoms with van der Waals surface area (Å²) >= 11 is 0. The highest BCUT2D eigenvalue weighted by atomic mass is 32.2. The van der Waals surface area contributed by atoms with Crippen molar-refractivity contribution in [1.29, 1.82) is 0 Å². The number of hydrogen-bond donors (Lipinski definition) is 1. The first-order valence-electron chi connectivity index (χ1n) is 7.07. The van der Waals surface area contributed by atoms with Crippen molar-refractivity contribution in [2.45, 2.75) is 38.8 Å². The Morgan fingerprint density at radius 2 is 1.75 bits per heavy atom. The van der Waals surface area contributed by atoms with E-state index < -0.39 is 34.0 Å². The topological polar surface area (TPSA) is 110 Å². The molecule has 0 aliphatic carbocycles. The van der Waals surface area contributed by atoms with Crippen LogP contribution in [0.2, 0.25) is 0 Å². The lowest BCUT2D eigenvalue weighted by molar-refractivity contribution is -0.145. The third-order valence-corrected chi connectivity index (χ3v) is 3.75. The molecule has 0 aliphatic rings. The Morgan fingerprint density at radius 3 is 2.17 bits per heavy atom. The summed E-state index contributed by atoms with van der Waals surface area (Å²) < 4.78 is 42.3. The number of methoxy groups -OCH3 is 1. The molecule has 1 amide bonds. The van der Waals surface area contributed by atoms with Gasteiger partial charge >= 0.3 is 22.4 Å². The van der Waals surface area contributed by atoms with Crippen LogP contribution in [0.5, 0.6) is 0 Å². The molecule has 1 atom stereocenters. The molecule has 0 fully saturated rings. The Balaban J connectivity index is 3.26. The number of ether oxygens (including phenoxy) is 2. The van der Waals surface area contributed by atoms with E-state index in [9.17, 15) is 22.6 Å². The van der Waals surface area contributed by atoms with Crippen molar-refractivity contribution in [2.75, 3.05) is 7.11 Å². The lowest BCUT2D eigenvalue weighted by atomic mass is 10.1. The van der Waals surface area contributed by atoms with E-state index in [-0.39, 0.29) is 10.7 Å². The van der Waals surface area contributed by atoms with Crippen LogP contribution in [0, 0.1) is 0 Å². The Bertz CT molecular complexity index is 680. The highest BCUT2D eigenvalue weighted by Gasteiger charge is 2.41. The maximum atomic E-state index is 12.2. The first-order valence-corrected chi connectivity index (χ1v) is 8.47. The Hall–Kier alpha value is -2.13. The van der Waals surface area contributed by atoms with Crippen molar-refractivity contribution in [3.8, 4) is 0 Å². The monoisotopic (exact) mass is 359 g/mol. The largest absolute Gasteiger partial charge is 0.467 e. The average Bonchev–Trinajstić information content (AvgIpc) is 2.43. The van der Waals surface area contributed by atoms with E-state index in [0.717, 1.165) is 7.11 Å². The quantitative estimate of drug-likeness (QED) is 0.630. The third kappa shape index (κ3) is 5.82. The number of benzene rings is 1. The molecule has 0 aliphatic heterocycles. The molecule has 0 aromatic heterocycles. The van der Waals surface area contributed by atoms with Crippen molar-refractivity contribution in [2.24, 2.45) is 0 Å². The van der Waals surface area contributed by atoms with Gasteiger partial charge in [0, 0.05) is 6.42 Å². The van der Waals surface area contributed by atoms with E-state index in [2.05, 4.69) is 4.74 Å². The fourth-order valence-electron chi connectivity index (χ4n) is 1.92. The highest BCUT2D eigenvalue weighted by molar-refractivity contribution is 7.84. The second-order valence-corrected chi connectivity index (χ2v) is 7.27. The van der Waals surface area contributed by atoms with E-state index in [1.807, 2.05) is 0 Å². The van der Waals surface area contributed by atoms with E-state index in [4.69, 9.17) is 4.74 Å². The van der Waals surface area contributed by atoms with Gasteiger partial charge in [-0.3, -0.25) is 4.55 Å². The minimum absolute atomic E-state index is 0.00289. The molecule has 1 N–H and O–H groups in total. The highest BCUT2D eigenvalue weighted by Crippen LogP contribution is 2.18. The lowest BCUT2D eigenvalue weighted by Crippen LogP contribution is -2.51. The second-order valence-electron chi connectivity index (χ2n) is 5.98. The Labute approximate surface area is 141 Å². The van der Waals surface area contributed by atoms with Crippen LogP contribution in [0.15, 0.2) is 30.3 Å². The molecule has 1 aromatic rings. The van der Waals surface area contributed by atoms with E-state index >= 15 is 0 Å². The van der Waals surface area contributed by atoms with Gasteiger partial charge in [0.25, 0.3) is 0 Å². The molecule has 1 aromatic carbocycles. The molecular formula is C15H21NO7S. The second kappa shape index (κ2) is 7.63. The normalized spacial score (nSPS) is 13.0. The van der Waals surface area contributed by atoms with E-state index in [1.165, 1.54) is 20.8 Å². The molecule has 0 spiro atoms. The molecule has 134 valence electrons. The number of rotatable bonds is 5. The minimum Gasteiger partial charge on any atom is -0.467 e. The van der Waals surface area contributed by atoms with Crippen LogP contribution >= 0.6 is 0 Å². The number of carbonyl (C=O) groups excluding carboxylic acids is 2. The van der Waals surface area contributed by atoms with Gasteiger partial charge < -0.3 is 9.47 Å². The summed E-state index contributed by atoms with van der Waals surface area (Å²) in [6.07, 6.45) is -1.54.